The topological polar surface area (TPSA) is 47.6 Å². The Morgan fingerprint density at radius 3 is 2.55 bits per heavy atom. The van der Waals surface area contributed by atoms with Gasteiger partial charge in [0.15, 0.2) is 0 Å². The molecule has 2 atom stereocenters. The Morgan fingerprint density at radius 2 is 2.05 bits per heavy atom. The zero-order chi connectivity index (χ0) is 16.6. The van der Waals surface area contributed by atoms with Crippen LogP contribution in [0, 0.1) is 6.92 Å². The molecule has 0 aromatic heterocycles. The van der Waals surface area contributed by atoms with Crippen LogP contribution in [0.25, 0.3) is 0 Å². The summed E-state index contributed by atoms with van der Waals surface area (Å²) in [5.41, 5.74) is 1.59. The fraction of sp³-hybridized carbons (Fsp3) is 0.500. The number of hydrogen-bond acceptors (Lipinski definition) is 3. The Morgan fingerprint density at radius 1 is 1.41 bits per heavy atom. The predicted octanol–water partition coefficient (Wildman–Crippen LogP) is 3.30. The van der Waals surface area contributed by atoms with Crippen LogP contribution in [-0.4, -0.2) is 25.7 Å². The number of benzene rings is 1. The first-order valence-electron chi connectivity index (χ1n) is 7.64. The Labute approximate surface area is 133 Å². The van der Waals surface area contributed by atoms with Crippen molar-refractivity contribution >= 4 is 5.91 Å². The van der Waals surface area contributed by atoms with Gasteiger partial charge in [0, 0.05) is 0 Å². The van der Waals surface area contributed by atoms with Crippen LogP contribution in [0.3, 0.4) is 0 Å². The summed E-state index contributed by atoms with van der Waals surface area (Å²) in [5.74, 6) is -0.00837. The van der Waals surface area contributed by atoms with Crippen molar-refractivity contribution in [2.24, 2.45) is 0 Å². The van der Waals surface area contributed by atoms with Crippen molar-refractivity contribution in [3.05, 3.63) is 48.0 Å². The number of carbonyl (C=O) groups is 1. The van der Waals surface area contributed by atoms with Crippen molar-refractivity contribution in [3.8, 4) is 0 Å². The molecule has 0 aliphatic rings. The molecule has 1 aromatic rings. The molecule has 1 aromatic carbocycles. The van der Waals surface area contributed by atoms with Gasteiger partial charge in [-0.3, -0.25) is 4.79 Å². The van der Waals surface area contributed by atoms with Crippen LogP contribution < -0.4 is 5.32 Å². The van der Waals surface area contributed by atoms with Gasteiger partial charge in [-0.2, -0.15) is 0 Å². The third-order valence-corrected chi connectivity index (χ3v) is 3.95. The van der Waals surface area contributed by atoms with Crippen LogP contribution in [0.2, 0.25) is 0 Å². The average molecular weight is 305 g/mol. The van der Waals surface area contributed by atoms with E-state index in [4.69, 9.17) is 4.89 Å². The lowest BCUT2D eigenvalue weighted by Crippen LogP contribution is -2.48. The van der Waals surface area contributed by atoms with Gasteiger partial charge in [0.05, 0.1) is 18.6 Å². The first-order valence-corrected chi connectivity index (χ1v) is 7.64. The molecular weight excluding hydrogens is 278 g/mol. The van der Waals surface area contributed by atoms with Gasteiger partial charge in [-0.25, -0.2) is 9.78 Å². The van der Waals surface area contributed by atoms with E-state index in [-0.39, 0.29) is 11.9 Å². The van der Waals surface area contributed by atoms with E-state index in [0.717, 1.165) is 5.56 Å². The second-order valence-electron chi connectivity index (χ2n) is 5.62. The van der Waals surface area contributed by atoms with Gasteiger partial charge in [-0.1, -0.05) is 42.8 Å². The molecule has 0 radical (unpaired) electrons. The van der Waals surface area contributed by atoms with Crippen molar-refractivity contribution in [2.75, 3.05) is 13.7 Å². The van der Waals surface area contributed by atoms with Crippen molar-refractivity contribution in [1.29, 1.82) is 0 Å². The lowest BCUT2D eigenvalue weighted by atomic mass is 9.74. The largest absolute Gasteiger partial charge is 0.350 e. The second kappa shape index (κ2) is 8.71. The van der Waals surface area contributed by atoms with Gasteiger partial charge in [0.2, 0.25) is 5.91 Å². The molecule has 1 rings (SSSR count). The monoisotopic (exact) mass is 305 g/mol. The van der Waals surface area contributed by atoms with E-state index < -0.39 is 5.41 Å². The van der Waals surface area contributed by atoms with E-state index >= 15 is 0 Å². The molecule has 22 heavy (non-hydrogen) atoms. The zero-order valence-electron chi connectivity index (χ0n) is 14.0. The van der Waals surface area contributed by atoms with Crippen LogP contribution in [0.1, 0.15) is 37.8 Å². The molecule has 0 heterocycles. The zero-order valence-corrected chi connectivity index (χ0v) is 14.0. The first kappa shape index (κ1) is 18.4. The van der Waals surface area contributed by atoms with Crippen LogP contribution >= 0.6 is 0 Å². The highest BCUT2D eigenvalue weighted by molar-refractivity contribution is 5.88. The Bertz CT molecular complexity index is 484. The number of nitrogens with one attached hydrogen (secondary N) is 1. The number of amides is 1. The molecule has 0 aliphatic heterocycles. The number of rotatable bonds is 9. The fourth-order valence-electron chi connectivity index (χ4n) is 2.54. The molecule has 0 bridgehead atoms. The van der Waals surface area contributed by atoms with E-state index in [1.54, 1.807) is 6.08 Å². The van der Waals surface area contributed by atoms with E-state index in [0.29, 0.717) is 19.4 Å². The minimum Gasteiger partial charge on any atom is -0.350 e. The van der Waals surface area contributed by atoms with Crippen molar-refractivity contribution in [2.45, 2.75) is 45.1 Å². The van der Waals surface area contributed by atoms with Crippen LogP contribution in [-0.2, 0) is 20.0 Å². The molecule has 0 spiro atoms. The maximum absolute atomic E-state index is 12.9. The molecule has 0 aliphatic carbocycles. The van der Waals surface area contributed by atoms with Gasteiger partial charge in [-0.05, 0) is 32.3 Å². The summed E-state index contributed by atoms with van der Waals surface area (Å²) in [6, 6.07) is 7.99. The molecule has 0 fully saturated rings. The van der Waals surface area contributed by atoms with Gasteiger partial charge >= 0.3 is 0 Å². The van der Waals surface area contributed by atoms with Crippen LogP contribution in [0.4, 0.5) is 0 Å². The highest BCUT2D eigenvalue weighted by atomic mass is 17.2. The fourth-order valence-corrected chi connectivity index (χ4v) is 2.54. The SMILES string of the molecule is C=CCC(CC)(C(=O)N[C@H](C)COOC)c1ccc(C)cc1. The third-order valence-electron chi connectivity index (χ3n) is 3.95. The highest BCUT2D eigenvalue weighted by Crippen LogP contribution is 2.33. The summed E-state index contributed by atoms with van der Waals surface area (Å²) < 4.78 is 0. The standard InChI is InChI=1S/C18H27NO3/c1-6-12-18(7-2,16-10-8-14(3)9-11-16)17(20)19-15(4)13-22-21-5/h6,8-11,15H,1,7,12-13H2,2-5H3,(H,19,20)/t15-,18?/m1/s1. The molecule has 1 amide bonds. The molecular formula is C18H27NO3. The van der Waals surface area contributed by atoms with Crippen LogP contribution in [0.5, 0.6) is 0 Å². The summed E-state index contributed by atoms with van der Waals surface area (Å²) in [6.45, 7) is 10.1. The average Bonchev–Trinajstić information content (AvgIpc) is 2.51. The lowest BCUT2D eigenvalue weighted by molar-refractivity contribution is -0.275. The summed E-state index contributed by atoms with van der Waals surface area (Å²) >= 11 is 0. The molecule has 122 valence electrons. The van der Waals surface area contributed by atoms with E-state index in [1.807, 2.05) is 45.0 Å². The molecule has 1 unspecified atom stereocenters. The Kier molecular flexibility index (Phi) is 7.28. The minimum absolute atomic E-state index is 0.00837. The quantitative estimate of drug-likeness (QED) is 0.432. The number of carbonyl (C=O) groups excluding carboxylic acids is 1. The number of aryl methyl sites for hydroxylation is 1. The van der Waals surface area contributed by atoms with Crippen LogP contribution in [0.15, 0.2) is 36.9 Å². The molecule has 0 saturated carbocycles. The second-order valence-corrected chi connectivity index (χ2v) is 5.62. The normalized spacial score (nSPS) is 14.9. The first-order chi connectivity index (χ1) is 10.5. The van der Waals surface area contributed by atoms with Crippen molar-refractivity contribution in [1.82, 2.24) is 5.32 Å². The van der Waals surface area contributed by atoms with E-state index in [9.17, 15) is 4.79 Å². The minimum atomic E-state index is -0.600. The summed E-state index contributed by atoms with van der Waals surface area (Å²) in [7, 11) is 1.45. The third kappa shape index (κ3) is 4.42. The number of hydrogen-bond donors (Lipinski definition) is 1. The van der Waals surface area contributed by atoms with Crippen molar-refractivity contribution < 1.29 is 14.6 Å². The molecule has 0 saturated heterocycles. The molecule has 4 nitrogen and oxygen atoms in total. The van der Waals surface area contributed by atoms with Gasteiger partial charge in [-0.15, -0.1) is 6.58 Å². The van der Waals surface area contributed by atoms with Crippen molar-refractivity contribution in [3.63, 3.8) is 0 Å². The van der Waals surface area contributed by atoms with Gasteiger partial charge < -0.3 is 5.32 Å². The molecule has 1 N–H and O–H groups in total. The number of allylic oxidation sites excluding steroid dienone is 1. The maximum atomic E-state index is 12.9. The molecule has 4 heteroatoms. The summed E-state index contributed by atoms with van der Waals surface area (Å²) in [4.78, 5) is 22.4. The Balaban J connectivity index is 3.02. The van der Waals surface area contributed by atoms with E-state index in [2.05, 4.69) is 16.8 Å². The van der Waals surface area contributed by atoms with Gasteiger partial charge in [0.25, 0.3) is 0 Å². The highest BCUT2D eigenvalue weighted by Gasteiger charge is 2.37. The maximum Gasteiger partial charge on any atom is 0.231 e. The predicted molar refractivity (Wildman–Crippen MR) is 88.5 cm³/mol. The van der Waals surface area contributed by atoms with E-state index in [1.165, 1.54) is 12.7 Å². The smallest absolute Gasteiger partial charge is 0.231 e. The lowest BCUT2D eigenvalue weighted by Gasteiger charge is -2.32. The Hall–Kier alpha value is -1.65. The summed E-state index contributed by atoms with van der Waals surface area (Å²) in [5, 5.41) is 3.01. The van der Waals surface area contributed by atoms with Gasteiger partial charge in [0.1, 0.15) is 6.61 Å². The summed E-state index contributed by atoms with van der Waals surface area (Å²) in [6.07, 6.45) is 3.10.